The molecule has 0 unspecified atom stereocenters. The summed E-state index contributed by atoms with van der Waals surface area (Å²) in [4.78, 5) is 16.1. The van der Waals surface area contributed by atoms with Gasteiger partial charge >= 0.3 is 5.97 Å². The topological polar surface area (TPSA) is 65.2 Å². The van der Waals surface area contributed by atoms with Crippen LogP contribution in [0.25, 0.3) is 11.3 Å². The Hall–Kier alpha value is -1.63. The van der Waals surface area contributed by atoms with Crippen LogP contribution in [0.15, 0.2) is 18.2 Å². The summed E-state index contributed by atoms with van der Waals surface area (Å²) >= 11 is 12.4. The number of nitrogens with two attached hydrogens (primary N) is 1. The Morgan fingerprint density at radius 1 is 1.25 bits per heavy atom. The largest absolute Gasteiger partial charge is 0.464 e. The molecule has 0 saturated heterocycles. The van der Waals surface area contributed by atoms with Crippen molar-refractivity contribution in [3.05, 3.63) is 39.8 Å². The molecule has 1 aromatic heterocycles. The van der Waals surface area contributed by atoms with Crippen LogP contribution >= 0.6 is 23.2 Å². The fraction of sp³-hybridized carbons (Fsp3) is 0.250. The number of benzene rings is 1. The number of ether oxygens (including phenoxy) is 1. The van der Waals surface area contributed by atoms with Crippen LogP contribution in [-0.4, -0.2) is 26.1 Å². The van der Waals surface area contributed by atoms with E-state index in [2.05, 4.69) is 9.72 Å². The average Bonchev–Trinajstić information content (AvgIpc) is 2.50. The Morgan fingerprint density at radius 2 is 1.88 bits per heavy atom. The summed E-state index contributed by atoms with van der Waals surface area (Å²) < 4.78 is 19.2. The Morgan fingerprint density at radius 3 is 2.42 bits per heavy atom. The van der Waals surface area contributed by atoms with Crippen molar-refractivity contribution in [1.29, 1.82) is 0 Å². The highest BCUT2D eigenvalue weighted by Gasteiger charge is 2.28. The summed E-state index contributed by atoms with van der Waals surface area (Å²) in [5.41, 5.74) is 6.50. The maximum atomic E-state index is 14.5. The number of rotatable bonds is 3. The molecule has 0 saturated carbocycles. The minimum Gasteiger partial charge on any atom is -0.464 e. The van der Waals surface area contributed by atoms with Crippen LogP contribution in [0.1, 0.15) is 10.5 Å². The van der Waals surface area contributed by atoms with Gasteiger partial charge in [0.25, 0.3) is 0 Å². The number of pyridine rings is 1. The van der Waals surface area contributed by atoms with Crippen LogP contribution in [0, 0.1) is 5.82 Å². The van der Waals surface area contributed by atoms with E-state index in [4.69, 9.17) is 28.9 Å². The van der Waals surface area contributed by atoms with Gasteiger partial charge in [-0.15, -0.1) is 0 Å². The van der Waals surface area contributed by atoms with E-state index in [1.165, 1.54) is 13.2 Å². The van der Waals surface area contributed by atoms with Crippen LogP contribution in [0.3, 0.4) is 0 Å². The summed E-state index contributed by atoms with van der Waals surface area (Å²) in [5.74, 6) is -1.08. The molecular weight excluding hydrogens is 370 g/mol. The summed E-state index contributed by atoms with van der Waals surface area (Å²) in [6, 6.07) is 4.67. The van der Waals surface area contributed by atoms with Gasteiger partial charge in [-0.2, -0.15) is 0 Å². The molecule has 2 rings (SSSR count). The van der Waals surface area contributed by atoms with Gasteiger partial charge in [0.2, 0.25) is 0 Å². The molecule has 0 radical (unpaired) electrons. The van der Waals surface area contributed by atoms with E-state index in [-0.39, 0.29) is 32.9 Å². The van der Waals surface area contributed by atoms with Crippen molar-refractivity contribution in [2.24, 2.45) is 0 Å². The molecule has 1 aromatic carbocycles. The number of esters is 1. The molecule has 8 heteroatoms. The third kappa shape index (κ3) is 3.27. The summed E-state index contributed by atoms with van der Waals surface area (Å²) in [6.45, 7) is 6.01. The van der Waals surface area contributed by atoms with Crippen LogP contribution < -0.4 is 10.9 Å². The number of nitrogen functional groups attached to an aromatic ring is 1. The molecule has 0 aliphatic carbocycles. The monoisotopic (exact) mass is 386 g/mol. The van der Waals surface area contributed by atoms with Gasteiger partial charge in [-0.1, -0.05) is 55.0 Å². The Balaban J connectivity index is 2.87. The maximum absolute atomic E-state index is 14.5. The first-order chi connectivity index (χ1) is 11.1. The van der Waals surface area contributed by atoms with Gasteiger partial charge in [0.05, 0.1) is 36.6 Å². The highest BCUT2D eigenvalue weighted by atomic mass is 35.5. The van der Waals surface area contributed by atoms with Gasteiger partial charge in [-0.3, -0.25) is 0 Å². The fourth-order valence-corrected chi connectivity index (χ4v) is 4.77. The van der Waals surface area contributed by atoms with E-state index in [1.54, 1.807) is 12.1 Å². The molecule has 4 nitrogen and oxygen atoms in total. The normalized spacial score (nSPS) is 11.5. The van der Waals surface area contributed by atoms with E-state index in [9.17, 15) is 9.18 Å². The number of anilines is 1. The van der Waals surface area contributed by atoms with E-state index in [0.29, 0.717) is 10.8 Å². The van der Waals surface area contributed by atoms with Gasteiger partial charge in [-0.05, 0) is 11.3 Å². The Kier molecular flexibility index (Phi) is 5.22. The maximum Gasteiger partial charge on any atom is 0.358 e. The number of methoxy groups -OCH3 is 1. The van der Waals surface area contributed by atoms with Crippen molar-refractivity contribution in [3.8, 4) is 11.3 Å². The van der Waals surface area contributed by atoms with Crippen molar-refractivity contribution in [2.75, 3.05) is 12.8 Å². The van der Waals surface area contributed by atoms with Crippen molar-refractivity contribution < 1.29 is 13.9 Å². The summed E-state index contributed by atoms with van der Waals surface area (Å²) in [5, 5.41) is 0.552. The summed E-state index contributed by atoms with van der Waals surface area (Å²) in [6.07, 6.45) is 0. The van der Waals surface area contributed by atoms with Gasteiger partial charge in [-0.25, -0.2) is 14.2 Å². The first-order valence-corrected chi connectivity index (χ1v) is 11.4. The minimum absolute atomic E-state index is 0.00882. The van der Waals surface area contributed by atoms with E-state index < -0.39 is 14.0 Å². The molecule has 2 N–H and O–H groups in total. The molecular formula is C16H17Cl2FN2O2Si. The molecule has 0 atom stereocenters. The second-order valence-corrected chi connectivity index (χ2v) is 12.0. The lowest BCUT2D eigenvalue weighted by atomic mass is 10.1. The number of hydrogen-bond acceptors (Lipinski definition) is 4. The number of nitrogens with zero attached hydrogens (tertiary/aromatic N) is 1. The van der Waals surface area contributed by atoms with Gasteiger partial charge < -0.3 is 10.5 Å². The third-order valence-electron chi connectivity index (χ3n) is 3.51. The second-order valence-electron chi connectivity index (χ2n) is 6.25. The molecule has 0 aliphatic heterocycles. The SMILES string of the molecule is COC(=O)c1nc(-c2cccc(F)c2[Si](C)(C)C)c(Cl)c(N)c1Cl. The molecule has 24 heavy (non-hydrogen) atoms. The highest BCUT2D eigenvalue weighted by molar-refractivity contribution is 6.89. The standard InChI is InChI=1S/C16H17Cl2FN2O2Si/c1-23-16(22)14-11(18)12(20)10(17)13(21-14)8-6-5-7-9(19)15(8)24(2,3)4/h5-7H,1-4H3,(H2,20,21). The van der Waals surface area contributed by atoms with Crippen LogP contribution in [0.2, 0.25) is 29.7 Å². The number of carbonyl (C=O) groups excluding carboxylic acids is 1. The van der Waals surface area contributed by atoms with Crippen LogP contribution in [-0.2, 0) is 4.74 Å². The van der Waals surface area contributed by atoms with Crippen LogP contribution in [0.4, 0.5) is 10.1 Å². The number of carbonyl (C=O) groups is 1. The molecule has 0 bridgehead atoms. The zero-order valence-corrected chi connectivity index (χ0v) is 16.2. The number of hydrogen-bond donors (Lipinski definition) is 1. The van der Waals surface area contributed by atoms with E-state index in [1.807, 2.05) is 19.6 Å². The predicted octanol–water partition coefficient (Wildman–Crippen LogP) is 4.11. The van der Waals surface area contributed by atoms with Crippen molar-refractivity contribution in [2.45, 2.75) is 19.6 Å². The Bertz CT molecular complexity index is 823. The number of aromatic nitrogens is 1. The molecule has 0 spiro atoms. The predicted molar refractivity (Wildman–Crippen MR) is 98.4 cm³/mol. The van der Waals surface area contributed by atoms with E-state index >= 15 is 0 Å². The zero-order chi connectivity index (χ0) is 18.2. The van der Waals surface area contributed by atoms with Gasteiger partial charge in [0.15, 0.2) is 5.69 Å². The first-order valence-electron chi connectivity index (χ1n) is 7.11. The highest BCUT2D eigenvalue weighted by Crippen LogP contribution is 2.37. The quantitative estimate of drug-likeness (QED) is 0.636. The van der Waals surface area contributed by atoms with E-state index in [0.717, 1.165) is 0 Å². The lowest BCUT2D eigenvalue weighted by molar-refractivity contribution is 0.0594. The summed E-state index contributed by atoms with van der Waals surface area (Å²) in [7, 11) is -0.867. The van der Waals surface area contributed by atoms with Gasteiger partial charge in [0, 0.05) is 5.56 Å². The fourth-order valence-electron chi connectivity index (χ4n) is 2.46. The lowest BCUT2D eigenvalue weighted by Crippen LogP contribution is -2.41. The minimum atomic E-state index is -2.08. The van der Waals surface area contributed by atoms with Crippen LogP contribution in [0.5, 0.6) is 0 Å². The smallest absolute Gasteiger partial charge is 0.358 e. The molecule has 2 aromatic rings. The lowest BCUT2D eigenvalue weighted by Gasteiger charge is -2.22. The molecule has 0 aliphatic rings. The number of halogens is 3. The van der Waals surface area contributed by atoms with Crippen molar-refractivity contribution >= 4 is 48.1 Å². The van der Waals surface area contributed by atoms with Crippen molar-refractivity contribution in [1.82, 2.24) is 4.98 Å². The molecule has 128 valence electrons. The Labute approximate surface area is 150 Å². The average molecular weight is 387 g/mol. The zero-order valence-electron chi connectivity index (χ0n) is 13.7. The second kappa shape index (κ2) is 6.70. The molecule has 1 heterocycles. The molecule has 0 fully saturated rings. The molecule has 0 amide bonds. The van der Waals surface area contributed by atoms with Crippen molar-refractivity contribution in [3.63, 3.8) is 0 Å². The third-order valence-corrected chi connectivity index (χ3v) is 6.28. The van der Waals surface area contributed by atoms with Gasteiger partial charge in [0.1, 0.15) is 5.82 Å². The first kappa shape index (κ1) is 18.7.